The smallest absolute Gasteiger partial charge is 0.268 e. The van der Waals surface area contributed by atoms with E-state index < -0.39 is 6.10 Å². The van der Waals surface area contributed by atoms with Crippen molar-refractivity contribution in [1.82, 2.24) is 0 Å². The molecule has 1 aliphatic heterocycles. The Morgan fingerprint density at radius 1 is 1.31 bits per heavy atom. The van der Waals surface area contributed by atoms with Crippen LogP contribution in [0.1, 0.15) is 12.5 Å². The quantitative estimate of drug-likeness (QED) is 0.872. The molecule has 0 spiro atoms. The molecule has 3 rings (SSSR count). The molecule has 1 aliphatic rings. The molecule has 1 unspecified atom stereocenters. The van der Waals surface area contributed by atoms with E-state index in [1.165, 1.54) is 7.11 Å². The van der Waals surface area contributed by atoms with Crippen LogP contribution in [0.2, 0.25) is 5.02 Å². The second-order valence-electron chi connectivity index (χ2n) is 5.98. The van der Waals surface area contributed by atoms with Crippen LogP contribution in [0.3, 0.4) is 0 Å². The summed E-state index contributed by atoms with van der Waals surface area (Å²) >= 11 is 6.05. The standard InChI is InChI=1S/C19H19ClN2O4/c1-12-19(24)22(10-13-4-3-5-14(20)8-13)16-9-15(6-7-17(16)26-12)21-18(23)11-25-2/h3-9,12H,10-11H2,1-2H3,(H,21,23). The van der Waals surface area contributed by atoms with Crippen molar-refractivity contribution in [2.24, 2.45) is 0 Å². The summed E-state index contributed by atoms with van der Waals surface area (Å²) in [6.07, 6.45) is -0.587. The van der Waals surface area contributed by atoms with E-state index in [2.05, 4.69) is 5.32 Å². The Balaban J connectivity index is 1.92. The zero-order valence-electron chi connectivity index (χ0n) is 14.5. The largest absolute Gasteiger partial charge is 0.479 e. The highest BCUT2D eigenvalue weighted by molar-refractivity contribution is 6.30. The third-order valence-corrected chi connectivity index (χ3v) is 4.19. The Hall–Kier alpha value is -2.57. The number of halogens is 1. The van der Waals surface area contributed by atoms with E-state index in [1.807, 2.05) is 18.2 Å². The van der Waals surface area contributed by atoms with E-state index in [9.17, 15) is 9.59 Å². The first-order valence-electron chi connectivity index (χ1n) is 8.13. The minimum Gasteiger partial charge on any atom is -0.479 e. The number of fused-ring (bicyclic) bond motifs is 1. The van der Waals surface area contributed by atoms with Gasteiger partial charge in [0, 0.05) is 17.8 Å². The topological polar surface area (TPSA) is 67.9 Å². The van der Waals surface area contributed by atoms with Gasteiger partial charge in [0.1, 0.15) is 12.4 Å². The molecule has 1 N–H and O–H groups in total. The number of carbonyl (C=O) groups excluding carboxylic acids is 2. The molecule has 0 aliphatic carbocycles. The molecule has 0 bridgehead atoms. The van der Waals surface area contributed by atoms with Gasteiger partial charge in [0.2, 0.25) is 5.91 Å². The number of rotatable bonds is 5. The molecule has 26 heavy (non-hydrogen) atoms. The van der Waals surface area contributed by atoms with Crippen molar-refractivity contribution < 1.29 is 19.1 Å². The molecular formula is C19H19ClN2O4. The van der Waals surface area contributed by atoms with E-state index in [0.717, 1.165) is 5.56 Å². The van der Waals surface area contributed by atoms with Crippen LogP contribution in [0.25, 0.3) is 0 Å². The maximum Gasteiger partial charge on any atom is 0.268 e. The normalized spacial score (nSPS) is 16.0. The fraction of sp³-hybridized carbons (Fsp3) is 0.263. The molecule has 0 radical (unpaired) electrons. The van der Waals surface area contributed by atoms with Crippen LogP contribution in [-0.4, -0.2) is 31.6 Å². The number of nitrogens with one attached hydrogen (secondary N) is 1. The number of methoxy groups -OCH3 is 1. The molecule has 6 nitrogen and oxygen atoms in total. The van der Waals surface area contributed by atoms with Gasteiger partial charge in [-0.15, -0.1) is 0 Å². The van der Waals surface area contributed by atoms with Gasteiger partial charge in [0.15, 0.2) is 6.10 Å². The lowest BCUT2D eigenvalue weighted by Gasteiger charge is -2.33. The van der Waals surface area contributed by atoms with Gasteiger partial charge < -0.3 is 19.7 Å². The van der Waals surface area contributed by atoms with Crippen molar-refractivity contribution in [1.29, 1.82) is 0 Å². The highest BCUT2D eigenvalue weighted by atomic mass is 35.5. The third kappa shape index (κ3) is 3.98. The molecular weight excluding hydrogens is 356 g/mol. The van der Waals surface area contributed by atoms with E-state index in [4.69, 9.17) is 21.1 Å². The average molecular weight is 375 g/mol. The summed E-state index contributed by atoms with van der Waals surface area (Å²) < 4.78 is 10.5. The average Bonchev–Trinajstić information content (AvgIpc) is 2.60. The van der Waals surface area contributed by atoms with Crippen LogP contribution < -0.4 is 15.0 Å². The summed E-state index contributed by atoms with van der Waals surface area (Å²) in [4.78, 5) is 26.1. The molecule has 2 aromatic rings. The lowest BCUT2D eigenvalue weighted by molar-refractivity contribution is -0.125. The lowest BCUT2D eigenvalue weighted by Crippen LogP contribution is -2.44. The number of amides is 2. The second kappa shape index (κ2) is 7.76. The Morgan fingerprint density at radius 3 is 2.85 bits per heavy atom. The molecule has 1 atom stereocenters. The number of hydrogen-bond acceptors (Lipinski definition) is 4. The fourth-order valence-electron chi connectivity index (χ4n) is 2.79. The molecule has 0 fully saturated rings. The van der Waals surface area contributed by atoms with Crippen molar-refractivity contribution >= 4 is 34.8 Å². The monoisotopic (exact) mass is 374 g/mol. The van der Waals surface area contributed by atoms with Crippen molar-refractivity contribution in [2.75, 3.05) is 23.9 Å². The van der Waals surface area contributed by atoms with Crippen LogP contribution in [0.4, 0.5) is 11.4 Å². The van der Waals surface area contributed by atoms with E-state index in [0.29, 0.717) is 28.7 Å². The molecule has 0 saturated heterocycles. The van der Waals surface area contributed by atoms with Crippen molar-refractivity contribution in [3.63, 3.8) is 0 Å². The number of ether oxygens (including phenoxy) is 2. The van der Waals surface area contributed by atoms with Gasteiger partial charge in [0.05, 0.1) is 12.2 Å². The summed E-state index contributed by atoms with van der Waals surface area (Å²) in [6.45, 7) is 2.02. The molecule has 2 aromatic carbocycles. The zero-order valence-corrected chi connectivity index (χ0v) is 15.2. The summed E-state index contributed by atoms with van der Waals surface area (Å²) in [5.74, 6) is 0.159. The number of anilines is 2. The van der Waals surface area contributed by atoms with Crippen molar-refractivity contribution in [2.45, 2.75) is 19.6 Å². The van der Waals surface area contributed by atoms with Crippen LogP contribution >= 0.6 is 11.6 Å². The van der Waals surface area contributed by atoms with E-state index in [-0.39, 0.29) is 18.4 Å². The molecule has 2 amide bonds. The first-order valence-corrected chi connectivity index (χ1v) is 8.51. The Kier molecular flexibility index (Phi) is 5.44. The van der Waals surface area contributed by atoms with E-state index >= 15 is 0 Å². The second-order valence-corrected chi connectivity index (χ2v) is 6.41. The zero-order chi connectivity index (χ0) is 18.7. The van der Waals surface area contributed by atoms with Crippen LogP contribution in [-0.2, 0) is 20.9 Å². The fourth-order valence-corrected chi connectivity index (χ4v) is 3.01. The van der Waals surface area contributed by atoms with Gasteiger partial charge in [-0.1, -0.05) is 23.7 Å². The van der Waals surface area contributed by atoms with Gasteiger partial charge in [-0.25, -0.2) is 0 Å². The maximum absolute atomic E-state index is 12.7. The van der Waals surface area contributed by atoms with Gasteiger partial charge in [-0.2, -0.15) is 0 Å². The molecule has 136 valence electrons. The summed E-state index contributed by atoms with van der Waals surface area (Å²) in [6, 6.07) is 12.5. The van der Waals surface area contributed by atoms with Crippen molar-refractivity contribution in [3.05, 3.63) is 53.1 Å². The summed E-state index contributed by atoms with van der Waals surface area (Å²) in [7, 11) is 1.45. The molecule has 7 heteroatoms. The van der Waals surface area contributed by atoms with Crippen molar-refractivity contribution in [3.8, 4) is 5.75 Å². The van der Waals surface area contributed by atoms with Crippen LogP contribution in [0.15, 0.2) is 42.5 Å². The van der Waals surface area contributed by atoms with Crippen LogP contribution in [0, 0.1) is 0 Å². The van der Waals surface area contributed by atoms with Gasteiger partial charge in [-0.05, 0) is 42.8 Å². The lowest BCUT2D eigenvalue weighted by atomic mass is 10.1. The summed E-state index contributed by atoms with van der Waals surface area (Å²) in [5, 5.41) is 3.34. The number of benzene rings is 2. The highest BCUT2D eigenvalue weighted by Gasteiger charge is 2.31. The molecule has 0 saturated carbocycles. The van der Waals surface area contributed by atoms with Gasteiger partial charge in [0.25, 0.3) is 5.91 Å². The minimum absolute atomic E-state index is 0.0459. The minimum atomic E-state index is -0.587. The Bertz CT molecular complexity index is 840. The maximum atomic E-state index is 12.7. The number of carbonyl (C=O) groups is 2. The number of nitrogens with zero attached hydrogens (tertiary/aromatic N) is 1. The van der Waals surface area contributed by atoms with Crippen LogP contribution in [0.5, 0.6) is 5.75 Å². The predicted molar refractivity (Wildman–Crippen MR) is 99.7 cm³/mol. The Morgan fingerprint density at radius 2 is 2.12 bits per heavy atom. The highest BCUT2D eigenvalue weighted by Crippen LogP contribution is 2.37. The predicted octanol–water partition coefficient (Wildman–Crippen LogP) is 3.24. The summed E-state index contributed by atoms with van der Waals surface area (Å²) in [5.41, 5.74) is 2.07. The Labute approximate surface area is 156 Å². The number of hydrogen-bond donors (Lipinski definition) is 1. The third-order valence-electron chi connectivity index (χ3n) is 3.96. The van der Waals surface area contributed by atoms with E-state index in [1.54, 1.807) is 36.1 Å². The van der Waals surface area contributed by atoms with Gasteiger partial charge in [-0.3, -0.25) is 9.59 Å². The molecule has 1 heterocycles. The molecule has 0 aromatic heterocycles. The first kappa shape index (κ1) is 18.2. The SMILES string of the molecule is COCC(=O)Nc1ccc2c(c1)N(Cc1cccc(Cl)c1)C(=O)C(C)O2. The first-order chi connectivity index (χ1) is 12.5. The van der Waals surface area contributed by atoms with Gasteiger partial charge >= 0.3 is 0 Å².